The van der Waals surface area contributed by atoms with Crippen molar-refractivity contribution in [2.24, 2.45) is 0 Å². The fourth-order valence-electron chi connectivity index (χ4n) is 5.80. The molecule has 3 aliphatic rings. The largest absolute Gasteiger partial charge is 0.508 e. The van der Waals surface area contributed by atoms with E-state index in [0.717, 1.165) is 47.0 Å². The van der Waals surface area contributed by atoms with Gasteiger partial charge in [-0.3, -0.25) is 14.5 Å². The van der Waals surface area contributed by atoms with Crippen molar-refractivity contribution in [3.63, 3.8) is 0 Å². The van der Waals surface area contributed by atoms with E-state index in [2.05, 4.69) is 20.5 Å². The molecule has 2 bridgehead atoms. The number of carbonyl (C=O) groups is 2. The van der Waals surface area contributed by atoms with Crippen LogP contribution in [0.1, 0.15) is 42.1 Å². The summed E-state index contributed by atoms with van der Waals surface area (Å²) in [6.07, 6.45) is 3.01. The quantitative estimate of drug-likeness (QED) is 0.511. The van der Waals surface area contributed by atoms with Crippen molar-refractivity contribution in [1.29, 1.82) is 0 Å². The predicted molar refractivity (Wildman–Crippen MR) is 120 cm³/mol. The fourth-order valence-corrected chi connectivity index (χ4v) is 5.80. The highest BCUT2D eigenvalue weighted by Gasteiger charge is 2.58. The maximum absolute atomic E-state index is 13.6. The number of aromatic nitrogens is 1. The van der Waals surface area contributed by atoms with E-state index in [9.17, 15) is 14.7 Å². The lowest BCUT2D eigenvalue weighted by Crippen LogP contribution is -2.72. The molecule has 1 aromatic heterocycles. The van der Waals surface area contributed by atoms with Crippen LogP contribution in [0.25, 0.3) is 10.9 Å². The average molecular weight is 431 g/mol. The molecule has 2 aromatic carbocycles. The van der Waals surface area contributed by atoms with E-state index in [1.54, 1.807) is 12.1 Å². The summed E-state index contributed by atoms with van der Waals surface area (Å²) in [6, 6.07) is 14.7. The summed E-state index contributed by atoms with van der Waals surface area (Å²) in [6.45, 7) is 0.947. The number of piperazine rings is 1. The Kier molecular flexibility index (Phi) is 4.30. The normalized spacial score (nSPS) is 23.8. The van der Waals surface area contributed by atoms with E-state index in [4.69, 9.17) is 0 Å². The zero-order valence-electron chi connectivity index (χ0n) is 17.7. The second-order valence-electron chi connectivity index (χ2n) is 9.19. The van der Waals surface area contributed by atoms with Crippen LogP contribution in [0.5, 0.6) is 5.75 Å². The van der Waals surface area contributed by atoms with Crippen LogP contribution in [-0.4, -0.2) is 44.9 Å². The van der Waals surface area contributed by atoms with Crippen molar-refractivity contribution in [1.82, 2.24) is 20.5 Å². The lowest BCUT2D eigenvalue weighted by molar-refractivity contribution is -0.157. The van der Waals surface area contributed by atoms with Crippen LogP contribution in [0.4, 0.5) is 0 Å². The van der Waals surface area contributed by atoms with E-state index < -0.39 is 11.6 Å². The van der Waals surface area contributed by atoms with Crippen LogP contribution >= 0.6 is 0 Å². The molecule has 0 radical (unpaired) electrons. The Bertz CT molecular complexity index is 1210. The summed E-state index contributed by atoms with van der Waals surface area (Å²) < 4.78 is 0. The average Bonchev–Trinajstić information content (AvgIpc) is 3.12. The Morgan fingerprint density at radius 3 is 2.72 bits per heavy atom. The Balaban J connectivity index is 1.37. The predicted octanol–water partition coefficient (Wildman–Crippen LogP) is 2.51. The van der Waals surface area contributed by atoms with Crippen molar-refractivity contribution in [2.45, 2.75) is 49.9 Å². The molecule has 7 heteroatoms. The monoisotopic (exact) mass is 430 g/mol. The third-order valence-electron chi connectivity index (χ3n) is 7.49. The van der Waals surface area contributed by atoms with Gasteiger partial charge in [0, 0.05) is 29.7 Å². The Hall–Kier alpha value is -3.32. The molecule has 32 heavy (non-hydrogen) atoms. The van der Waals surface area contributed by atoms with Crippen molar-refractivity contribution in [3.05, 3.63) is 65.4 Å². The number of nitrogens with one attached hydrogen (secondary N) is 3. The number of amides is 2. The van der Waals surface area contributed by atoms with Gasteiger partial charge in [-0.2, -0.15) is 0 Å². The van der Waals surface area contributed by atoms with Gasteiger partial charge >= 0.3 is 0 Å². The summed E-state index contributed by atoms with van der Waals surface area (Å²) >= 11 is 0. The van der Waals surface area contributed by atoms with Crippen LogP contribution in [0.2, 0.25) is 0 Å². The third kappa shape index (κ3) is 2.77. The lowest BCUT2D eigenvalue weighted by atomic mass is 9.70. The molecule has 1 saturated carbocycles. The van der Waals surface area contributed by atoms with Crippen LogP contribution in [0.15, 0.2) is 48.5 Å². The third-order valence-corrected chi connectivity index (χ3v) is 7.49. The van der Waals surface area contributed by atoms with E-state index in [1.807, 2.05) is 36.4 Å². The van der Waals surface area contributed by atoms with Crippen LogP contribution < -0.4 is 10.6 Å². The van der Waals surface area contributed by atoms with E-state index in [0.29, 0.717) is 19.5 Å². The van der Waals surface area contributed by atoms with Crippen LogP contribution in [-0.2, 0) is 22.6 Å². The van der Waals surface area contributed by atoms with E-state index in [-0.39, 0.29) is 23.6 Å². The number of H-pyrrole nitrogens is 1. The molecular weight excluding hydrogens is 404 g/mol. The van der Waals surface area contributed by atoms with Crippen molar-refractivity contribution >= 4 is 22.7 Å². The maximum atomic E-state index is 13.6. The first-order valence-electron chi connectivity index (χ1n) is 11.3. The van der Waals surface area contributed by atoms with Gasteiger partial charge in [-0.05, 0) is 55.0 Å². The first-order chi connectivity index (χ1) is 15.6. The Morgan fingerprint density at radius 2 is 1.97 bits per heavy atom. The molecule has 3 heterocycles. The number of aromatic amines is 1. The molecule has 2 fully saturated rings. The molecule has 2 atom stereocenters. The minimum Gasteiger partial charge on any atom is -0.508 e. The van der Waals surface area contributed by atoms with Gasteiger partial charge in [0.05, 0.1) is 12.1 Å². The van der Waals surface area contributed by atoms with Crippen LogP contribution in [0.3, 0.4) is 0 Å². The molecular formula is C25H26N4O3. The summed E-state index contributed by atoms with van der Waals surface area (Å²) in [5, 5.41) is 17.2. The SMILES string of the molecule is O=C1NC[C@H]2c3[nH]c4ccc(O)cc4c3C[C@@H]1N2C1(C(=O)NCc2ccccc2)CCC1. The molecule has 2 amide bonds. The minimum absolute atomic E-state index is 0.00880. The number of carbonyl (C=O) groups excluding carboxylic acids is 2. The van der Waals surface area contributed by atoms with Crippen molar-refractivity contribution in [2.75, 3.05) is 6.54 Å². The van der Waals surface area contributed by atoms with Crippen LogP contribution in [0, 0.1) is 0 Å². The molecule has 3 aromatic rings. The number of hydrogen-bond acceptors (Lipinski definition) is 4. The summed E-state index contributed by atoms with van der Waals surface area (Å²) in [5.74, 6) is 0.199. The molecule has 0 spiro atoms. The summed E-state index contributed by atoms with van der Waals surface area (Å²) in [5.41, 5.74) is 3.47. The highest BCUT2D eigenvalue weighted by molar-refractivity contribution is 5.93. The number of hydrogen-bond donors (Lipinski definition) is 4. The van der Waals surface area contributed by atoms with Gasteiger partial charge in [0.1, 0.15) is 11.3 Å². The number of fused-ring (bicyclic) bond motifs is 6. The number of benzene rings is 2. The summed E-state index contributed by atoms with van der Waals surface area (Å²) in [7, 11) is 0. The van der Waals surface area contributed by atoms with E-state index >= 15 is 0 Å². The number of phenolic OH excluding ortho intramolecular Hbond substituents is 1. The number of nitrogens with zero attached hydrogens (tertiary/aromatic N) is 1. The number of rotatable bonds is 4. The molecule has 1 aliphatic carbocycles. The zero-order chi connectivity index (χ0) is 21.9. The van der Waals surface area contributed by atoms with Gasteiger partial charge in [0.2, 0.25) is 11.8 Å². The lowest BCUT2D eigenvalue weighted by Gasteiger charge is -2.57. The number of phenols is 1. The van der Waals surface area contributed by atoms with E-state index in [1.165, 1.54) is 0 Å². The highest BCUT2D eigenvalue weighted by atomic mass is 16.3. The molecule has 6 rings (SSSR count). The minimum atomic E-state index is -0.668. The van der Waals surface area contributed by atoms with Gasteiger partial charge in [0.25, 0.3) is 0 Å². The van der Waals surface area contributed by atoms with Gasteiger partial charge in [0.15, 0.2) is 0 Å². The molecule has 164 valence electrons. The number of aromatic hydroxyl groups is 1. The second-order valence-corrected chi connectivity index (χ2v) is 9.19. The smallest absolute Gasteiger partial charge is 0.240 e. The standard InChI is InChI=1S/C25H26N4O3/c30-16-7-8-19-17(11-16)18-12-20-23(31)26-14-21(22(18)28-19)29(20)25(9-4-10-25)24(32)27-13-15-5-2-1-3-6-15/h1-3,5-8,11,20-21,28,30H,4,9-10,12-14H2,(H,26,31)(H,27,32)/t20-,21-/m0/s1. The van der Waals surface area contributed by atoms with Crippen molar-refractivity contribution in [3.8, 4) is 5.75 Å². The molecule has 7 nitrogen and oxygen atoms in total. The molecule has 1 saturated heterocycles. The molecule has 0 unspecified atom stereocenters. The second kappa shape index (κ2) is 7.10. The first kappa shape index (κ1) is 19.4. The molecule has 2 aliphatic heterocycles. The Morgan fingerprint density at radius 1 is 1.16 bits per heavy atom. The Labute approximate surface area is 185 Å². The van der Waals surface area contributed by atoms with Crippen molar-refractivity contribution < 1.29 is 14.7 Å². The van der Waals surface area contributed by atoms with Gasteiger partial charge < -0.3 is 20.7 Å². The van der Waals surface area contributed by atoms with Gasteiger partial charge in [-0.25, -0.2) is 0 Å². The topological polar surface area (TPSA) is 97.5 Å². The summed E-state index contributed by atoms with van der Waals surface area (Å²) in [4.78, 5) is 32.3. The zero-order valence-corrected chi connectivity index (χ0v) is 17.7. The highest BCUT2D eigenvalue weighted by Crippen LogP contribution is 2.49. The fraction of sp³-hybridized carbons (Fsp3) is 0.360. The first-order valence-corrected chi connectivity index (χ1v) is 11.3. The maximum Gasteiger partial charge on any atom is 0.240 e. The van der Waals surface area contributed by atoms with Gasteiger partial charge in [-0.1, -0.05) is 30.3 Å². The van der Waals surface area contributed by atoms with Gasteiger partial charge in [-0.15, -0.1) is 0 Å². The molecule has 4 N–H and O–H groups in total.